The van der Waals surface area contributed by atoms with Crippen LogP contribution >= 0.6 is 0 Å². The molecular weight excluding hydrogens is 296 g/mol. The van der Waals surface area contributed by atoms with E-state index in [1.54, 1.807) is 11.0 Å². The third-order valence-electron chi connectivity index (χ3n) is 3.97. The van der Waals surface area contributed by atoms with Gasteiger partial charge in [-0.3, -0.25) is 14.4 Å². The third kappa shape index (κ3) is 2.88. The number of rotatable bonds is 2. The summed E-state index contributed by atoms with van der Waals surface area (Å²) in [5.41, 5.74) is 1.66. The predicted octanol–water partition coefficient (Wildman–Crippen LogP) is 1.29. The number of carbonyl (C=O) groups is 2. The van der Waals surface area contributed by atoms with E-state index in [0.29, 0.717) is 6.54 Å². The Hall–Kier alpha value is -2.89. The van der Waals surface area contributed by atoms with E-state index in [0.717, 1.165) is 11.1 Å². The fourth-order valence-corrected chi connectivity index (χ4v) is 2.85. The Morgan fingerprint density at radius 1 is 1.17 bits per heavy atom. The number of esters is 1. The highest BCUT2D eigenvalue weighted by Gasteiger charge is 2.33. The first-order chi connectivity index (χ1) is 11.1. The van der Waals surface area contributed by atoms with Crippen LogP contribution in [0.4, 0.5) is 0 Å². The summed E-state index contributed by atoms with van der Waals surface area (Å²) in [6, 6.07) is 11.9. The first kappa shape index (κ1) is 15.0. The van der Waals surface area contributed by atoms with E-state index in [1.807, 2.05) is 24.3 Å². The lowest BCUT2D eigenvalue weighted by molar-refractivity contribution is -0.143. The quantitative estimate of drug-likeness (QED) is 0.847. The fourth-order valence-electron chi connectivity index (χ4n) is 2.85. The van der Waals surface area contributed by atoms with Crippen LogP contribution in [-0.4, -0.2) is 35.4 Å². The van der Waals surface area contributed by atoms with Crippen molar-refractivity contribution in [3.05, 3.63) is 69.6 Å². The molecule has 0 fully saturated rings. The molecule has 0 bridgehead atoms. The molecular formula is C17H16N2O4. The first-order valence-corrected chi connectivity index (χ1v) is 7.24. The summed E-state index contributed by atoms with van der Waals surface area (Å²) in [7, 11) is 1.33. The van der Waals surface area contributed by atoms with Gasteiger partial charge in [0.1, 0.15) is 5.69 Å². The molecule has 0 saturated carbocycles. The number of aromatic nitrogens is 1. The second-order valence-electron chi connectivity index (χ2n) is 5.39. The van der Waals surface area contributed by atoms with Crippen LogP contribution in [0.3, 0.4) is 0 Å². The number of carbonyl (C=O) groups excluding carboxylic acids is 2. The lowest BCUT2D eigenvalue weighted by Gasteiger charge is -2.33. The zero-order chi connectivity index (χ0) is 16.4. The van der Waals surface area contributed by atoms with Gasteiger partial charge < -0.3 is 14.6 Å². The lowest BCUT2D eigenvalue weighted by Crippen LogP contribution is -2.41. The zero-order valence-electron chi connectivity index (χ0n) is 12.6. The van der Waals surface area contributed by atoms with Crippen LogP contribution in [0.15, 0.2) is 47.3 Å². The van der Waals surface area contributed by atoms with Gasteiger partial charge in [-0.15, -0.1) is 0 Å². The maximum atomic E-state index is 12.6. The highest BCUT2D eigenvalue weighted by Crippen LogP contribution is 2.29. The molecule has 0 spiro atoms. The lowest BCUT2D eigenvalue weighted by atomic mass is 9.89. The molecule has 1 aliphatic heterocycles. The molecule has 1 N–H and O–H groups in total. The summed E-state index contributed by atoms with van der Waals surface area (Å²) in [6.07, 6.45) is 0. The number of H-pyrrole nitrogens is 1. The summed E-state index contributed by atoms with van der Waals surface area (Å²) in [4.78, 5) is 40.2. The molecule has 2 aromatic rings. The molecule has 6 nitrogen and oxygen atoms in total. The van der Waals surface area contributed by atoms with E-state index in [9.17, 15) is 14.4 Å². The van der Waals surface area contributed by atoms with Crippen LogP contribution in [0.1, 0.15) is 27.5 Å². The van der Waals surface area contributed by atoms with E-state index in [1.165, 1.54) is 19.2 Å². The van der Waals surface area contributed by atoms with Crippen molar-refractivity contribution in [3.63, 3.8) is 0 Å². The molecule has 0 radical (unpaired) electrons. The Kier molecular flexibility index (Phi) is 3.97. The number of benzene rings is 1. The molecule has 0 aliphatic carbocycles. The maximum absolute atomic E-state index is 12.6. The average Bonchev–Trinajstić information content (AvgIpc) is 2.59. The average molecular weight is 312 g/mol. The minimum absolute atomic E-state index is 0.209. The van der Waals surface area contributed by atoms with Crippen LogP contribution in [0.25, 0.3) is 0 Å². The fraction of sp³-hybridized carbons (Fsp3) is 0.235. The number of nitrogens with one attached hydrogen (secondary N) is 1. The monoisotopic (exact) mass is 312 g/mol. The van der Waals surface area contributed by atoms with Gasteiger partial charge in [-0.1, -0.05) is 30.3 Å². The topological polar surface area (TPSA) is 79.5 Å². The Morgan fingerprint density at radius 2 is 1.96 bits per heavy atom. The van der Waals surface area contributed by atoms with Crippen molar-refractivity contribution in [2.45, 2.75) is 12.5 Å². The summed E-state index contributed by atoms with van der Waals surface area (Å²) in [5, 5.41) is 0. The van der Waals surface area contributed by atoms with E-state index < -0.39 is 5.92 Å². The Morgan fingerprint density at radius 3 is 2.70 bits per heavy atom. The second kappa shape index (κ2) is 6.08. The molecule has 3 rings (SSSR count). The van der Waals surface area contributed by atoms with Gasteiger partial charge in [0, 0.05) is 19.2 Å². The Bertz CT molecular complexity index is 812. The van der Waals surface area contributed by atoms with Crippen molar-refractivity contribution in [3.8, 4) is 0 Å². The minimum Gasteiger partial charge on any atom is -0.468 e. The molecule has 1 atom stereocenters. The van der Waals surface area contributed by atoms with Gasteiger partial charge in [0.25, 0.3) is 5.91 Å². The largest absolute Gasteiger partial charge is 0.468 e. The summed E-state index contributed by atoms with van der Waals surface area (Å²) < 4.78 is 4.86. The summed E-state index contributed by atoms with van der Waals surface area (Å²) in [6.45, 7) is 0.610. The highest BCUT2D eigenvalue weighted by atomic mass is 16.5. The number of nitrogens with zero attached hydrogens (tertiary/aromatic N) is 1. The highest BCUT2D eigenvalue weighted by molar-refractivity contribution is 5.93. The van der Waals surface area contributed by atoms with Crippen molar-refractivity contribution < 1.29 is 14.3 Å². The van der Waals surface area contributed by atoms with E-state index in [-0.39, 0.29) is 29.7 Å². The molecule has 118 valence electrons. The third-order valence-corrected chi connectivity index (χ3v) is 3.97. The van der Waals surface area contributed by atoms with Crippen molar-refractivity contribution in [1.29, 1.82) is 0 Å². The number of hydrogen-bond donors (Lipinski definition) is 1. The van der Waals surface area contributed by atoms with Crippen LogP contribution in [-0.2, 0) is 16.1 Å². The number of amides is 1. The second-order valence-corrected chi connectivity index (χ2v) is 5.39. The standard InChI is InChI=1S/C17H16N2O4/c1-23-17(22)13-10-19(9-11-5-2-3-6-12(11)13)16(21)14-7-4-8-15(20)18-14/h2-8,13H,9-10H2,1H3,(H,18,20). The number of fused-ring (bicyclic) bond motifs is 1. The van der Waals surface area contributed by atoms with Crippen molar-refractivity contribution in [2.24, 2.45) is 0 Å². The molecule has 1 aromatic heterocycles. The maximum Gasteiger partial charge on any atom is 0.314 e. The van der Waals surface area contributed by atoms with E-state index >= 15 is 0 Å². The van der Waals surface area contributed by atoms with Crippen LogP contribution < -0.4 is 5.56 Å². The molecule has 0 saturated heterocycles. The van der Waals surface area contributed by atoms with Gasteiger partial charge in [-0.25, -0.2) is 0 Å². The van der Waals surface area contributed by atoms with Crippen LogP contribution in [0.5, 0.6) is 0 Å². The van der Waals surface area contributed by atoms with Crippen molar-refractivity contribution in [1.82, 2.24) is 9.88 Å². The summed E-state index contributed by atoms with van der Waals surface area (Å²) in [5.74, 6) is -1.22. The summed E-state index contributed by atoms with van der Waals surface area (Å²) >= 11 is 0. The van der Waals surface area contributed by atoms with Gasteiger partial charge in [-0.05, 0) is 17.2 Å². The first-order valence-electron chi connectivity index (χ1n) is 7.24. The van der Waals surface area contributed by atoms with Crippen molar-refractivity contribution >= 4 is 11.9 Å². The number of pyridine rings is 1. The zero-order valence-corrected chi connectivity index (χ0v) is 12.6. The molecule has 1 aliphatic rings. The number of hydrogen-bond acceptors (Lipinski definition) is 4. The Balaban J connectivity index is 1.95. The predicted molar refractivity (Wildman–Crippen MR) is 83.0 cm³/mol. The van der Waals surface area contributed by atoms with Crippen molar-refractivity contribution in [2.75, 3.05) is 13.7 Å². The SMILES string of the molecule is COC(=O)C1CN(C(=O)c2cccc(=O)[nH]2)Cc2ccccc21. The minimum atomic E-state index is -0.524. The van der Waals surface area contributed by atoms with Crippen LogP contribution in [0, 0.1) is 0 Å². The van der Waals surface area contributed by atoms with Gasteiger partial charge in [0.15, 0.2) is 0 Å². The van der Waals surface area contributed by atoms with Gasteiger partial charge in [0.05, 0.1) is 13.0 Å². The molecule has 1 aromatic carbocycles. The van der Waals surface area contributed by atoms with Crippen LogP contribution in [0.2, 0.25) is 0 Å². The smallest absolute Gasteiger partial charge is 0.314 e. The van der Waals surface area contributed by atoms with E-state index in [4.69, 9.17) is 4.74 Å². The van der Waals surface area contributed by atoms with Gasteiger partial charge in [-0.2, -0.15) is 0 Å². The molecule has 6 heteroatoms. The molecule has 2 heterocycles. The normalized spacial score (nSPS) is 16.6. The molecule has 1 amide bonds. The molecule has 23 heavy (non-hydrogen) atoms. The Labute approximate surface area is 132 Å². The number of aromatic amines is 1. The molecule has 1 unspecified atom stereocenters. The van der Waals surface area contributed by atoms with E-state index in [2.05, 4.69) is 4.98 Å². The van der Waals surface area contributed by atoms with Gasteiger partial charge in [0.2, 0.25) is 5.56 Å². The number of ether oxygens (including phenoxy) is 1. The van der Waals surface area contributed by atoms with Gasteiger partial charge >= 0.3 is 5.97 Å². The number of methoxy groups -OCH3 is 1.